The van der Waals surface area contributed by atoms with Crippen LogP contribution in [0.25, 0.3) is 11.0 Å². The van der Waals surface area contributed by atoms with Crippen molar-refractivity contribution in [1.82, 2.24) is 0 Å². The molecule has 4 aromatic carbocycles. The highest BCUT2D eigenvalue weighted by Gasteiger charge is 2.43. The van der Waals surface area contributed by atoms with Crippen LogP contribution in [0.4, 0.5) is 17.1 Å². The first kappa shape index (κ1) is 30.9. The fourth-order valence-electron chi connectivity index (χ4n) is 7.90. The van der Waals surface area contributed by atoms with Crippen LogP contribution in [-0.4, -0.2) is 6.71 Å². The van der Waals surface area contributed by atoms with E-state index in [0.29, 0.717) is 0 Å². The molecule has 0 amide bonds. The van der Waals surface area contributed by atoms with E-state index in [4.69, 9.17) is 4.42 Å². The second kappa shape index (κ2) is 10.1. The molecule has 0 radical (unpaired) electrons. The topological polar surface area (TPSA) is 16.4 Å². The van der Waals surface area contributed by atoms with Gasteiger partial charge in [0.05, 0.1) is 6.26 Å². The van der Waals surface area contributed by atoms with Crippen molar-refractivity contribution in [2.45, 2.75) is 111 Å². The third-order valence-electron chi connectivity index (χ3n) is 11.1. The number of fused-ring (bicyclic) bond motifs is 4. The quantitative estimate of drug-likeness (QED) is 0.182. The van der Waals surface area contributed by atoms with E-state index in [0.717, 1.165) is 5.58 Å². The molecule has 0 atom stereocenters. The Morgan fingerprint density at radius 1 is 0.630 bits per heavy atom. The Kier molecular flexibility index (Phi) is 6.81. The lowest BCUT2D eigenvalue weighted by Gasteiger charge is -2.45. The average Bonchev–Trinajstić information content (AvgIpc) is 3.40. The van der Waals surface area contributed by atoms with Gasteiger partial charge in [-0.15, -0.1) is 0 Å². The molecule has 1 aliphatic carbocycles. The normalized spacial score (nSPS) is 17.1. The number of hydrogen-bond acceptors (Lipinski definition) is 2. The molecule has 1 aromatic heterocycles. The Morgan fingerprint density at radius 2 is 1.22 bits per heavy atom. The van der Waals surface area contributed by atoms with Crippen molar-refractivity contribution in [2.75, 3.05) is 4.90 Å². The van der Waals surface area contributed by atoms with Crippen LogP contribution >= 0.6 is 0 Å². The summed E-state index contributed by atoms with van der Waals surface area (Å²) >= 11 is 0. The van der Waals surface area contributed by atoms with E-state index in [1.54, 1.807) is 0 Å². The summed E-state index contributed by atoms with van der Waals surface area (Å²) in [5.41, 5.74) is 15.9. The van der Waals surface area contributed by atoms with E-state index in [1.807, 2.05) is 6.26 Å². The first-order chi connectivity index (χ1) is 21.5. The number of anilines is 3. The minimum Gasteiger partial charge on any atom is -0.465 e. The van der Waals surface area contributed by atoms with Crippen molar-refractivity contribution in [3.05, 3.63) is 107 Å². The van der Waals surface area contributed by atoms with Crippen molar-refractivity contribution in [3.8, 4) is 0 Å². The molecule has 0 saturated carbocycles. The van der Waals surface area contributed by atoms with E-state index in [1.165, 1.54) is 79.5 Å². The second-order valence-corrected chi connectivity index (χ2v) is 17.5. The largest absolute Gasteiger partial charge is 0.465 e. The standard InChI is InChI=1S/C43H50BNO/c1-27-12-18-34-37(22-27)45(30-16-13-28(14-17-30)40(2,3)4)38-25-33-32(42(8,9)20-21-43(33,10)11)24-35(38)44(34)36-26-46-39-19-15-29(23-31(36)39)41(5,6)7/h12-19,22-26H,20-21H2,1-11H3. The Balaban J connectivity index is 1.56. The molecular formula is C43H50BNO. The minimum atomic E-state index is 0.0485. The smallest absolute Gasteiger partial charge is 0.251 e. The second-order valence-electron chi connectivity index (χ2n) is 17.5. The predicted molar refractivity (Wildman–Crippen MR) is 199 cm³/mol. The Bertz CT molecular complexity index is 1980. The van der Waals surface area contributed by atoms with Gasteiger partial charge in [0.15, 0.2) is 0 Å². The number of aryl methyl sites for hydroxylation is 1. The van der Waals surface area contributed by atoms with Gasteiger partial charge in [-0.3, -0.25) is 0 Å². The zero-order valence-corrected chi connectivity index (χ0v) is 29.9. The number of hydrogen-bond donors (Lipinski definition) is 0. The zero-order valence-electron chi connectivity index (χ0n) is 29.9. The van der Waals surface area contributed by atoms with Gasteiger partial charge in [0.1, 0.15) is 5.58 Å². The minimum absolute atomic E-state index is 0.0485. The molecule has 2 nitrogen and oxygen atoms in total. The molecule has 2 heterocycles. The number of furan rings is 1. The van der Waals surface area contributed by atoms with Crippen LogP contribution < -0.4 is 21.3 Å². The summed E-state index contributed by atoms with van der Waals surface area (Å²) in [6.45, 7) is 25.8. The molecule has 236 valence electrons. The third kappa shape index (κ3) is 4.93. The van der Waals surface area contributed by atoms with Crippen LogP contribution in [0, 0.1) is 6.92 Å². The fourth-order valence-corrected chi connectivity index (χ4v) is 7.90. The van der Waals surface area contributed by atoms with Crippen LogP contribution in [0.15, 0.2) is 83.5 Å². The van der Waals surface area contributed by atoms with Crippen LogP contribution in [-0.2, 0) is 21.7 Å². The Labute approximate surface area is 277 Å². The van der Waals surface area contributed by atoms with E-state index in [2.05, 4.69) is 154 Å². The predicted octanol–water partition coefficient (Wildman–Crippen LogP) is 9.98. The summed E-state index contributed by atoms with van der Waals surface area (Å²) in [6.07, 6.45) is 4.42. The van der Waals surface area contributed by atoms with Gasteiger partial charge >= 0.3 is 0 Å². The molecule has 1 aliphatic heterocycles. The highest BCUT2D eigenvalue weighted by atomic mass is 16.3. The lowest BCUT2D eigenvalue weighted by atomic mass is 9.34. The summed E-state index contributed by atoms with van der Waals surface area (Å²) in [7, 11) is 0. The molecule has 3 heteroatoms. The Hall–Kier alpha value is -3.72. The monoisotopic (exact) mass is 607 g/mol. The number of rotatable bonds is 2. The molecule has 0 fully saturated rings. The van der Waals surface area contributed by atoms with Crippen molar-refractivity contribution in [3.63, 3.8) is 0 Å². The summed E-state index contributed by atoms with van der Waals surface area (Å²) in [6, 6.07) is 28.3. The third-order valence-corrected chi connectivity index (χ3v) is 11.1. The molecule has 0 saturated heterocycles. The lowest BCUT2D eigenvalue weighted by molar-refractivity contribution is 0.332. The SMILES string of the molecule is Cc1ccc2c(c1)N(c1ccc(C(C)(C)C)cc1)c1cc3c(cc1B2c1coc2ccc(C(C)(C)C)cc12)C(C)(C)CCC3(C)C. The van der Waals surface area contributed by atoms with Crippen LogP contribution in [0.1, 0.15) is 110 Å². The lowest BCUT2D eigenvalue weighted by Crippen LogP contribution is -2.57. The molecule has 0 spiro atoms. The summed E-state index contributed by atoms with van der Waals surface area (Å²) < 4.78 is 6.35. The van der Waals surface area contributed by atoms with Crippen molar-refractivity contribution in [1.29, 1.82) is 0 Å². The van der Waals surface area contributed by atoms with Gasteiger partial charge in [-0.25, -0.2) is 0 Å². The van der Waals surface area contributed by atoms with E-state index >= 15 is 0 Å². The van der Waals surface area contributed by atoms with Gasteiger partial charge in [0.2, 0.25) is 0 Å². The molecule has 2 aliphatic rings. The Morgan fingerprint density at radius 3 is 1.85 bits per heavy atom. The molecule has 0 bridgehead atoms. The summed E-state index contributed by atoms with van der Waals surface area (Å²) in [5, 5.41) is 1.22. The van der Waals surface area contributed by atoms with Crippen LogP contribution in [0.2, 0.25) is 0 Å². The maximum Gasteiger partial charge on any atom is 0.251 e. The molecular weight excluding hydrogens is 557 g/mol. The van der Waals surface area contributed by atoms with Crippen molar-refractivity contribution in [2.24, 2.45) is 0 Å². The number of nitrogens with zero attached hydrogens (tertiary/aromatic N) is 1. The van der Waals surface area contributed by atoms with E-state index < -0.39 is 0 Å². The van der Waals surface area contributed by atoms with Crippen molar-refractivity contribution < 1.29 is 4.42 Å². The van der Waals surface area contributed by atoms with Crippen LogP contribution in [0.5, 0.6) is 0 Å². The van der Waals surface area contributed by atoms with Gasteiger partial charge in [0, 0.05) is 22.4 Å². The maximum atomic E-state index is 6.35. The van der Waals surface area contributed by atoms with Crippen LogP contribution in [0.3, 0.4) is 0 Å². The molecule has 46 heavy (non-hydrogen) atoms. The highest BCUT2D eigenvalue weighted by Crippen LogP contribution is 2.48. The van der Waals surface area contributed by atoms with E-state index in [9.17, 15) is 0 Å². The highest BCUT2D eigenvalue weighted by molar-refractivity contribution is 6.99. The number of benzene rings is 4. The maximum absolute atomic E-state index is 6.35. The summed E-state index contributed by atoms with van der Waals surface area (Å²) in [4.78, 5) is 2.54. The first-order valence-electron chi connectivity index (χ1n) is 17.2. The van der Waals surface area contributed by atoms with Crippen molar-refractivity contribution >= 4 is 51.1 Å². The fraction of sp³-hybridized carbons (Fsp3) is 0.395. The van der Waals surface area contributed by atoms with Gasteiger partial charge in [-0.05, 0) is 122 Å². The van der Waals surface area contributed by atoms with Gasteiger partial charge in [0.25, 0.3) is 6.71 Å². The zero-order chi connectivity index (χ0) is 33.0. The molecule has 0 N–H and O–H groups in total. The molecule has 0 unspecified atom stereocenters. The first-order valence-corrected chi connectivity index (χ1v) is 17.2. The van der Waals surface area contributed by atoms with E-state index in [-0.39, 0.29) is 28.4 Å². The van der Waals surface area contributed by atoms with Gasteiger partial charge in [-0.2, -0.15) is 0 Å². The summed E-state index contributed by atoms with van der Waals surface area (Å²) in [5.74, 6) is 0. The molecule has 5 aromatic rings. The molecule has 7 rings (SSSR count). The van der Waals surface area contributed by atoms with Gasteiger partial charge in [-0.1, -0.05) is 106 Å². The van der Waals surface area contributed by atoms with Gasteiger partial charge < -0.3 is 9.32 Å². The average molecular weight is 608 g/mol.